The Balaban J connectivity index is 2.00. The average molecular weight is 327 g/mol. The minimum absolute atomic E-state index is 0.346. The Morgan fingerprint density at radius 3 is 2.54 bits per heavy atom. The third kappa shape index (κ3) is 3.04. The Kier molecular flexibility index (Phi) is 4.38. The average Bonchev–Trinajstić information content (AvgIpc) is 2.95. The number of nitrogens with one attached hydrogen (secondary N) is 1. The van der Waals surface area contributed by atoms with E-state index in [0.29, 0.717) is 5.69 Å². The van der Waals surface area contributed by atoms with Gasteiger partial charge in [-0.15, -0.1) is 0 Å². The van der Waals surface area contributed by atoms with Crippen molar-refractivity contribution in [2.24, 2.45) is 0 Å². The molecule has 2 aromatic rings. The minimum atomic E-state index is -1.06. The number of carboxylic acids is 1. The number of nitrogens with zero attached hydrogens (tertiary/aromatic N) is 2. The van der Waals surface area contributed by atoms with Gasteiger partial charge in [0.25, 0.3) is 5.91 Å². The van der Waals surface area contributed by atoms with E-state index in [-0.39, 0.29) is 0 Å². The number of carbonyl (C=O) groups excluding carboxylic acids is 1. The smallest absolute Gasteiger partial charge is 0.325 e. The molecule has 6 heteroatoms. The minimum Gasteiger partial charge on any atom is -0.480 e. The van der Waals surface area contributed by atoms with Crippen molar-refractivity contribution in [3.05, 3.63) is 46.8 Å². The Morgan fingerprint density at radius 2 is 1.88 bits per heavy atom. The number of carboxylic acid groups (broad SMARTS) is 1. The summed E-state index contributed by atoms with van der Waals surface area (Å²) in [7, 11) is 0. The van der Waals surface area contributed by atoms with Gasteiger partial charge in [0.15, 0.2) is 5.69 Å². The number of rotatable bonds is 4. The summed E-state index contributed by atoms with van der Waals surface area (Å²) < 4.78 is 1.83. The number of hydrogen-bond acceptors (Lipinski definition) is 3. The lowest BCUT2D eigenvalue weighted by Gasteiger charge is -2.14. The molecule has 126 valence electrons. The molecule has 0 saturated heterocycles. The highest BCUT2D eigenvalue weighted by Crippen LogP contribution is 2.27. The molecule has 1 aromatic carbocycles. The van der Waals surface area contributed by atoms with Crippen molar-refractivity contribution in [1.82, 2.24) is 15.1 Å². The second-order valence-electron chi connectivity index (χ2n) is 6.26. The zero-order chi connectivity index (χ0) is 17.3. The molecule has 1 aliphatic carbocycles. The summed E-state index contributed by atoms with van der Waals surface area (Å²) in [5, 5.41) is 16.0. The summed E-state index contributed by atoms with van der Waals surface area (Å²) in [6.07, 6.45) is 3.75. The molecule has 0 bridgehead atoms. The largest absolute Gasteiger partial charge is 0.480 e. The van der Waals surface area contributed by atoms with Crippen molar-refractivity contribution < 1.29 is 14.7 Å². The fraction of sp³-hybridized carbons (Fsp3) is 0.389. The van der Waals surface area contributed by atoms with Crippen LogP contribution in [0.3, 0.4) is 0 Å². The van der Waals surface area contributed by atoms with E-state index in [1.807, 2.05) is 35.9 Å². The predicted octanol–water partition coefficient (Wildman–Crippen LogP) is 2.26. The second kappa shape index (κ2) is 6.47. The number of aliphatic carboxylic acids is 1. The number of benzene rings is 1. The summed E-state index contributed by atoms with van der Waals surface area (Å²) in [5.74, 6) is -1.48. The third-order valence-electron chi connectivity index (χ3n) is 4.39. The number of amides is 1. The van der Waals surface area contributed by atoms with Crippen LogP contribution in [0.2, 0.25) is 0 Å². The second-order valence-corrected chi connectivity index (χ2v) is 6.26. The van der Waals surface area contributed by atoms with E-state index in [9.17, 15) is 9.59 Å². The van der Waals surface area contributed by atoms with Crippen LogP contribution in [0.15, 0.2) is 24.3 Å². The van der Waals surface area contributed by atoms with Gasteiger partial charge in [-0.05, 0) is 51.7 Å². The van der Waals surface area contributed by atoms with Crippen molar-refractivity contribution in [1.29, 1.82) is 0 Å². The first kappa shape index (κ1) is 16.2. The Bertz CT molecular complexity index is 778. The third-order valence-corrected chi connectivity index (χ3v) is 4.39. The van der Waals surface area contributed by atoms with Crippen LogP contribution in [-0.4, -0.2) is 32.8 Å². The zero-order valence-electron chi connectivity index (χ0n) is 13.9. The van der Waals surface area contributed by atoms with Gasteiger partial charge in [-0.25, -0.2) is 4.68 Å². The molecule has 1 aromatic heterocycles. The summed E-state index contributed by atoms with van der Waals surface area (Å²) in [5.41, 5.74) is 4.42. The molecule has 0 spiro atoms. The predicted molar refractivity (Wildman–Crippen MR) is 89.5 cm³/mol. The molecule has 0 unspecified atom stereocenters. The van der Waals surface area contributed by atoms with E-state index in [4.69, 9.17) is 5.11 Å². The fourth-order valence-electron chi connectivity index (χ4n) is 3.01. The lowest BCUT2D eigenvalue weighted by Crippen LogP contribution is -2.39. The standard InChI is InChI=1S/C18H21N3O3/c1-11-7-9-13(10-8-11)21-15-6-4-3-5-14(15)16(20-21)17(22)19-12(2)18(23)24/h7-10,12H,3-6H2,1-2H3,(H,19,22)(H,23,24)/t12-/m1/s1. The molecule has 0 radical (unpaired) electrons. The van der Waals surface area contributed by atoms with E-state index < -0.39 is 17.9 Å². The molecule has 1 heterocycles. The van der Waals surface area contributed by atoms with E-state index in [1.165, 1.54) is 6.92 Å². The molecule has 2 N–H and O–H groups in total. The quantitative estimate of drug-likeness (QED) is 0.902. The molecule has 24 heavy (non-hydrogen) atoms. The Labute approximate surface area is 140 Å². The number of aromatic nitrogens is 2. The van der Waals surface area contributed by atoms with Crippen molar-refractivity contribution >= 4 is 11.9 Å². The van der Waals surface area contributed by atoms with Gasteiger partial charge in [0.1, 0.15) is 6.04 Å². The lowest BCUT2D eigenvalue weighted by atomic mass is 9.95. The molecule has 0 fully saturated rings. The maximum Gasteiger partial charge on any atom is 0.325 e. The lowest BCUT2D eigenvalue weighted by molar-refractivity contribution is -0.138. The highest BCUT2D eigenvalue weighted by atomic mass is 16.4. The zero-order valence-corrected chi connectivity index (χ0v) is 13.9. The van der Waals surface area contributed by atoms with Gasteiger partial charge in [0.2, 0.25) is 0 Å². The van der Waals surface area contributed by atoms with E-state index in [2.05, 4.69) is 10.4 Å². The van der Waals surface area contributed by atoms with E-state index in [1.54, 1.807) is 0 Å². The number of hydrogen-bond donors (Lipinski definition) is 2. The van der Waals surface area contributed by atoms with Crippen molar-refractivity contribution in [3.8, 4) is 5.69 Å². The van der Waals surface area contributed by atoms with Crippen LogP contribution >= 0.6 is 0 Å². The van der Waals surface area contributed by atoms with Crippen LogP contribution in [-0.2, 0) is 17.6 Å². The Morgan fingerprint density at radius 1 is 1.21 bits per heavy atom. The van der Waals surface area contributed by atoms with Gasteiger partial charge in [-0.1, -0.05) is 17.7 Å². The molecule has 3 rings (SSSR count). The fourth-order valence-corrected chi connectivity index (χ4v) is 3.01. The highest BCUT2D eigenvalue weighted by molar-refractivity contribution is 5.96. The van der Waals surface area contributed by atoms with Gasteiger partial charge >= 0.3 is 5.97 Å². The summed E-state index contributed by atoms with van der Waals surface area (Å²) in [4.78, 5) is 23.5. The summed E-state index contributed by atoms with van der Waals surface area (Å²) in [6.45, 7) is 3.47. The van der Waals surface area contributed by atoms with Crippen LogP contribution in [0.25, 0.3) is 5.69 Å². The maximum atomic E-state index is 12.5. The first-order valence-corrected chi connectivity index (χ1v) is 8.19. The molecule has 6 nitrogen and oxygen atoms in total. The van der Waals surface area contributed by atoms with Gasteiger partial charge in [0.05, 0.1) is 5.69 Å². The van der Waals surface area contributed by atoms with Crippen molar-refractivity contribution in [2.75, 3.05) is 0 Å². The van der Waals surface area contributed by atoms with Gasteiger partial charge < -0.3 is 10.4 Å². The van der Waals surface area contributed by atoms with Crippen LogP contribution < -0.4 is 5.32 Å². The number of fused-ring (bicyclic) bond motifs is 1. The van der Waals surface area contributed by atoms with Crippen LogP contribution in [0.4, 0.5) is 0 Å². The van der Waals surface area contributed by atoms with Crippen LogP contribution in [0, 0.1) is 6.92 Å². The molecule has 0 saturated carbocycles. The first-order valence-electron chi connectivity index (χ1n) is 8.19. The molecular formula is C18H21N3O3. The van der Waals surface area contributed by atoms with Crippen LogP contribution in [0.5, 0.6) is 0 Å². The summed E-state index contributed by atoms with van der Waals surface area (Å²) >= 11 is 0. The van der Waals surface area contributed by atoms with Gasteiger partial charge in [-0.3, -0.25) is 9.59 Å². The monoisotopic (exact) mass is 327 g/mol. The van der Waals surface area contributed by atoms with E-state index in [0.717, 1.165) is 48.2 Å². The number of aryl methyl sites for hydroxylation is 1. The molecule has 1 aliphatic rings. The maximum absolute atomic E-state index is 12.5. The molecule has 1 amide bonds. The van der Waals surface area contributed by atoms with Crippen molar-refractivity contribution in [2.45, 2.75) is 45.6 Å². The SMILES string of the molecule is Cc1ccc(-n2nc(C(=O)N[C@H](C)C(=O)O)c3c2CCCC3)cc1. The molecular weight excluding hydrogens is 306 g/mol. The van der Waals surface area contributed by atoms with Crippen molar-refractivity contribution in [3.63, 3.8) is 0 Å². The van der Waals surface area contributed by atoms with E-state index >= 15 is 0 Å². The normalized spacial score (nSPS) is 14.8. The Hall–Kier alpha value is -2.63. The highest BCUT2D eigenvalue weighted by Gasteiger charge is 2.27. The van der Waals surface area contributed by atoms with Gasteiger partial charge in [0, 0.05) is 11.3 Å². The topological polar surface area (TPSA) is 84.2 Å². The molecule has 1 atom stereocenters. The van der Waals surface area contributed by atoms with Crippen LogP contribution in [0.1, 0.15) is 47.1 Å². The summed E-state index contributed by atoms with van der Waals surface area (Å²) in [6, 6.07) is 7.05. The first-order chi connectivity index (χ1) is 11.5. The molecule has 0 aliphatic heterocycles. The number of carbonyl (C=O) groups is 2. The van der Waals surface area contributed by atoms with Gasteiger partial charge in [-0.2, -0.15) is 5.10 Å².